The van der Waals surface area contributed by atoms with E-state index in [4.69, 9.17) is 20.2 Å². The van der Waals surface area contributed by atoms with E-state index in [1.54, 1.807) is 0 Å². The van der Waals surface area contributed by atoms with Crippen LogP contribution in [0.1, 0.15) is 38.9 Å². The number of guanidine groups is 1. The third-order valence-corrected chi connectivity index (χ3v) is 4.89. The van der Waals surface area contributed by atoms with Crippen LogP contribution in [0, 0.1) is 0 Å². The second kappa shape index (κ2) is 5.88. The molecule has 3 N–H and O–H groups in total. The Bertz CT molecular complexity index is 1090. The van der Waals surface area contributed by atoms with Gasteiger partial charge in [-0.15, -0.1) is 0 Å². The van der Waals surface area contributed by atoms with Gasteiger partial charge in [-0.2, -0.15) is 5.10 Å². The van der Waals surface area contributed by atoms with E-state index in [1.807, 2.05) is 33.8 Å². The zero-order valence-corrected chi connectivity index (χ0v) is 16.1. The molecule has 9 heteroatoms. The van der Waals surface area contributed by atoms with Crippen molar-refractivity contribution in [1.82, 2.24) is 19.3 Å². The zero-order chi connectivity index (χ0) is 19.5. The predicted molar refractivity (Wildman–Crippen MR) is 106 cm³/mol. The molecule has 0 bridgehead atoms. The zero-order valence-electron chi connectivity index (χ0n) is 16.1. The summed E-state index contributed by atoms with van der Waals surface area (Å²) in [4.78, 5) is 9.32. The molecule has 2 aliphatic rings. The maximum Gasteiger partial charge on any atom is 0.212 e. The van der Waals surface area contributed by atoms with Gasteiger partial charge in [-0.3, -0.25) is 14.6 Å². The predicted octanol–water partition coefficient (Wildman–Crippen LogP) is 2.44. The molecular weight excluding hydrogens is 358 g/mol. The van der Waals surface area contributed by atoms with E-state index in [0.717, 1.165) is 28.8 Å². The summed E-state index contributed by atoms with van der Waals surface area (Å²) in [5.74, 6) is 2.40. The molecule has 2 aromatic heterocycles. The molecule has 1 unspecified atom stereocenters. The lowest BCUT2D eigenvalue weighted by Crippen LogP contribution is -2.31. The van der Waals surface area contributed by atoms with Gasteiger partial charge in [0.1, 0.15) is 0 Å². The van der Waals surface area contributed by atoms with Crippen molar-refractivity contribution in [2.75, 3.05) is 18.5 Å². The monoisotopic (exact) mass is 381 g/mol. The Kier molecular flexibility index (Phi) is 3.55. The number of hydrogen-bond acceptors (Lipinski definition) is 7. The first-order valence-electron chi connectivity index (χ1n) is 9.37. The quantitative estimate of drug-likeness (QED) is 0.671. The molecule has 0 saturated carbocycles. The van der Waals surface area contributed by atoms with E-state index in [9.17, 15) is 0 Å². The number of benzene rings is 1. The molecule has 5 rings (SSSR count). The van der Waals surface area contributed by atoms with Gasteiger partial charge in [-0.1, -0.05) is 0 Å². The molecule has 0 radical (unpaired) electrons. The minimum atomic E-state index is -0.359. The van der Waals surface area contributed by atoms with Crippen LogP contribution >= 0.6 is 0 Å². The Morgan fingerprint density at radius 2 is 1.93 bits per heavy atom. The van der Waals surface area contributed by atoms with Gasteiger partial charge < -0.3 is 15.2 Å². The SMILES string of the molecule is CC(C)(C)n1cc(C2N=C(N)Nc3nc4cc5c(cc4n32)OCCCO5)cn1. The molecule has 0 saturated heterocycles. The number of aliphatic imine (C=N–C) groups is 1. The summed E-state index contributed by atoms with van der Waals surface area (Å²) in [6.45, 7) is 7.58. The summed E-state index contributed by atoms with van der Waals surface area (Å²) < 4.78 is 15.6. The van der Waals surface area contributed by atoms with Gasteiger partial charge >= 0.3 is 0 Å². The molecule has 3 aromatic rings. The molecule has 1 atom stereocenters. The van der Waals surface area contributed by atoms with E-state index in [2.05, 4.69) is 36.2 Å². The van der Waals surface area contributed by atoms with E-state index >= 15 is 0 Å². The van der Waals surface area contributed by atoms with Crippen molar-refractivity contribution in [3.63, 3.8) is 0 Å². The molecule has 0 fully saturated rings. The summed E-state index contributed by atoms with van der Waals surface area (Å²) in [7, 11) is 0. The van der Waals surface area contributed by atoms with Gasteiger partial charge in [0.25, 0.3) is 0 Å². The first kappa shape index (κ1) is 16.9. The highest BCUT2D eigenvalue weighted by Gasteiger charge is 2.28. The van der Waals surface area contributed by atoms with Crippen LogP contribution in [0.4, 0.5) is 5.95 Å². The van der Waals surface area contributed by atoms with Gasteiger partial charge in [-0.05, 0) is 20.8 Å². The minimum absolute atomic E-state index is 0.122. The number of imidazole rings is 1. The first-order chi connectivity index (χ1) is 13.4. The maximum absolute atomic E-state index is 6.04. The third-order valence-electron chi connectivity index (χ3n) is 4.89. The number of nitrogens with one attached hydrogen (secondary N) is 1. The van der Waals surface area contributed by atoms with E-state index in [1.165, 1.54) is 0 Å². The number of rotatable bonds is 1. The van der Waals surface area contributed by atoms with E-state index in [0.29, 0.717) is 30.9 Å². The van der Waals surface area contributed by atoms with E-state index in [-0.39, 0.29) is 11.7 Å². The second-order valence-corrected chi connectivity index (χ2v) is 8.05. The summed E-state index contributed by atoms with van der Waals surface area (Å²) in [5.41, 5.74) is 8.55. The number of aromatic nitrogens is 4. The third kappa shape index (κ3) is 2.65. The van der Waals surface area contributed by atoms with Gasteiger partial charge in [-0.25, -0.2) is 9.98 Å². The van der Waals surface area contributed by atoms with Crippen LogP contribution in [-0.2, 0) is 5.54 Å². The first-order valence-corrected chi connectivity index (χ1v) is 9.37. The van der Waals surface area contributed by atoms with Crippen molar-refractivity contribution >= 4 is 22.9 Å². The fraction of sp³-hybridized carbons (Fsp3) is 0.421. The lowest BCUT2D eigenvalue weighted by molar-refractivity contribution is 0.297. The van der Waals surface area contributed by atoms with Crippen LogP contribution in [0.2, 0.25) is 0 Å². The van der Waals surface area contributed by atoms with Crippen LogP contribution in [0.25, 0.3) is 11.0 Å². The molecule has 28 heavy (non-hydrogen) atoms. The fourth-order valence-electron chi connectivity index (χ4n) is 3.48. The molecule has 0 spiro atoms. The normalized spacial score (nSPS) is 19.0. The Balaban J connectivity index is 1.66. The number of nitrogens with two attached hydrogens (primary N) is 1. The second-order valence-electron chi connectivity index (χ2n) is 8.05. The largest absolute Gasteiger partial charge is 0.489 e. The van der Waals surface area contributed by atoms with Gasteiger partial charge in [0.15, 0.2) is 23.6 Å². The average Bonchev–Trinajstić information content (AvgIpc) is 3.18. The van der Waals surface area contributed by atoms with Crippen molar-refractivity contribution < 1.29 is 9.47 Å². The summed E-state index contributed by atoms with van der Waals surface area (Å²) >= 11 is 0. The smallest absolute Gasteiger partial charge is 0.212 e. The van der Waals surface area contributed by atoms with Gasteiger partial charge in [0, 0.05) is 30.3 Å². The summed E-state index contributed by atoms with van der Waals surface area (Å²) in [6.07, 6.45) is 4.33. The lowest BCUT2D eigenvalue weighted by atomic mass is 10.1. The number of nitrogens with zero attached hydrogens (tertiary/aromatic N) is 5. The average molecular weight is 381 g/mol. The highest BCUT2D eigenvalue weighted by atomic mass is 16.5. The number of anilines is 1. The summed E-state index contributed by atoms with van der Waals surface area (Å²) in [5, 5.41) is 7.58. The van der Waals surface area contributed by atoms with Crippen molar-refractivity contribution in [2.24, 2.45) is 10.7 Å². The van der Waals surface area contributed by atoms with Crippen molar-refractivity contribution in [2.45, 2.75) is 38.9 Å². The van der Waals surface area contributed by atoms with Crippen molar-refractivity contribution in [3.05, 3.63) is 30.1 Å². The molecular formula is C19H23N7O2. The highest BCUT2D eigenvalue weighted by molar-refractivity contribution is 5.95. The lowest BCUT2D eigenvalue weighted by Gasteiger charge is -2.23. The van der Waals surface area contributed by atoms with Crippen LogP contribution in [0.3, 0.4) is 0 Å². The molecule has 1 aromatic carbocycles. The van der Waals surface area contributed by atoms with Crippen LogP contribution in [-0.4, -0.2) is 38.5 Å². The number of ether oxygens (including phenoxy) is 2. The maximum atomic E-state index is 6.04. The number of fused-ring (bicyclic) bond motifs is 4. The minimum Gasteiger partial charge on any atom is -0.489 e. The summed E-state index contributed by atoms with van der Waals surface area (Å²) in [6, 6.07) is 3.88. The van der Waals surface area contributed by atoms with Crippen molar-refractivity contribution in [3.8, 4) is 11.5 Å². The molecule has 146 valence electrons. The van der Waals surface area contributed by atoms with Gasteiger partial charge in [0.05, 0.1) is 36.0 Å². The Hall–Kier alpha value is -3.23. The molecule has 0 aliphatic carbocycles. The van der Waals surface area contributed by atoms with Gasteiger partial charge in [0.2, 0.25) is 5.95 Å². The Morgan fingerprint density at radius 1 is 1.18 bits per heavy atom. The Morgan fingerprint density at radius 3 is 2.64 bits per heavy atom. The van der Waals surface area contributed by atoms with Crippen molar-refractivity contribution in [1.29, 1.82) is 0 Å². The molecule has 2 aliphatic heterocycles. The van der Waals surface area contributed by atoms with Crippen LogP contribution in [0.5, 0.6) is 11.5 Å². The fourth-order valence-corrected chi connectivity index (χ4v) is 3.48. The van der Waals surface area contributed by atoms with Crippen LogP contribution in [0.15, 0.2) is 29.5 Å². The molecule has 9 nitrogen and oxygen atoms in total. The Labute approximate surface area is 162 Å². The van der Waals surface area contributed by atoms with Crippen LogP contribution < -0.4 is 20.5 Å². The number of hydrogen-bond donors (Lipinski definition) is 2. The highest BCUT2D eigenvalue weighted by Crippen LogP contribution is 2.39. The molecule has 0 amide bonds. The standard InChI is InChI=1S/C19H23N7O2/c1-19(2,3)25-10-11(9-21-25)16-23-17(20)24-18-22-12-7-14-15(8-13(12)26(16)18)28-6-4-5-27-14/h7-10,16H,4-6H2,1-3H3,(H3,20,22,23,24). The molecule has 4 heterocycles. The van der Waals surface area contributed by atoms with E-state index < -0.39 is 0 Å². The topological polar surface area (TPSA) is 105 Å².